The summed E-state index contributed by atoms with van der Waals surface area (Å²) in [6, 6.07) is 1.35. The van der Waals surface area contributed by atoms with Crippen molar-refractivity contribution in [3.8, 4) is 0 Å². The molecule has 24 heavy (non-hydrogen) atoms. The number of carbonyl (C=O) groups excluding carboxylic acids is 1. The molecule has 1 unspecified atom stereocenters. The number of hydrogen-bond donors (Lipinski definition) is 1. The van der Waals surface area contributed by atoms with Crippen molar-refractivity contribution in [2.45, 2.75) is 38.6 Å². The fraction of sp³-hybridized carbons (Fsp3) is 0.562. The van der Waals surface area contributed by atoms with E-state index in [-0.39, 0.29) is 18.7 Å². The van der Waals surface area contributed by atoms with Crippen molar-refractivity contribution in [1.82, 2.24) is 10.2 Å². The number of rotatable bonds is 1. The zero-order valence-corrected chi connectivity index (χ0v) is 13.7. The van der Waals surface area contributed by atoms with E-state index < -0.39 is 35.3 Å². The lowest BCUT2D eigenvalue weighted by molar-refractivity contribution is -0.137. The van der Waals surface area contributed by atoms with E-state index in [1.54, 1.807) is 20.8 Å². The van der Waals surface area contributed by atoms with Gasteiger partial charge < -0.3 is 10.1 Å². The average Bonchev–Trinajstić information content (AvgIpc) is 2.44. The number of ether oxygens (including phenoxy) is 1. The van der Waals surface area contributed by atoms with E-state index in [2.05, 4.69) is 5.32 Å². The lowest BCUT2D eigenvalue weighted by Crippen LogP contribution is -2.50. The average molecular weight is 348 g/mol. The second-order valence-electron chi connectivity index (χ2n) is 6.63. The first-order chi connectivity index (χ1) is 11.0. The van der Waals surface area contributed by atoms with E-state index in [1.165, 1.54) is 4.90 Å². The van der Waals surface area contributed by atoms with Crippen molar-refractivity contribution in [1.29, 1.82) is 0 Å². The van der Waals surface area contributed by atoms with Crippen LogP contribution >= 0.6 is 0 Å². The highest BCUT2D eigenvalue weighted by Gasteiger charge is 2.36. The summed E-state index contributed by atoms with van der Waals surface area (Å²) in [6.45, 7) is 5.88. The third-order valence-electron chi connectivity index (χ3n) is 3.55. The van der Waals surface area contributed by atoms with Gasteiger partial charge in [-0.15, -0.1) is 0 Å². The molecule has 4 nitrogen and oxygen atoms in total. The summed E-state index contributed by atoms with van der Waals surface area (Å²) in [4.78, 5) is 13.6. The van der Waals surface area contributed by atoms with Crippen LogP contribution in [0.5, 0.6) is 0 Å². The molecule has 1 aliphatic rings. The number of alkyl halides is 3. The lowest BCUT2D eigenvalue weighted by atomic mass is 10.00. The summed E-state index contributed by atoms with van der Waals surface area (Å²) in [5.74, 6) is -0.787. The van der Waals surface area contributed by atoms with Gasteiger partial charge in [-0.1, -0.05) is 0 Å². The molecule has 1 saturated heterocycles. The van der Waals surface area contributed by atoms with Crippen molar-refractivity contribution in [3.63, 3.8) is 0 Å². The van der Waals surface area contributed by atoms with Crippen molar-refractivity contribution in [2.24, 2.45) is 0 Å². The fourth-order valence-corrected chi connectivity index (χ4v) is 2.50. The van der Waals surface area contributed by atoms with E-state index in [0.29, 0.717) is 12.6 Å². The highest BCUT2D eigenvalue weighted by molar-refractivity contribution is 5.69. The molecule has 1 amide bonds. The zero-order chi connectivity index (χ0) is 18.1. The molecular formula is C16H20F4N2O2. The number of nitrogens with one attached hydrogen (secondary N) is 1. The number of piperazine rings is 1. The Hall–Kier alpha value is -1.83. The maximum atomic E-state index is 14.1. The molecule has 8 heteroatoms. The summed E-state index contributed by atoms with van der Waals surface area (Å²) in [5.41, 5.74) is -1.88. The molecule has 1 fully saturated rings. The van der Waals surface area contributed by atoms with Crippen LogP contribution in [-0.2, 0) is 10.9 Å². The Morgan fingerprint density at radius 2 is 1.96 bits per heavy atom. The fourth-order valence-electron chi connectivity index (χ4n) is 2.50. The third-order valence-corrected chi connectivity index (χ3v) is 3.55. The van der Waals surface area contributed by atoms with Crippen LogP contribution in [0.3, 0.4) is 0 Å². The smallest absolute Gasteiger partial charge is 0.416 e. The highest BCUT2D eigenvalue weighted by atomic mass is 19.4. The number of halogens is 4. The van der Waals surface area contributed by atoms with E-state index >= 15 is 0 Å². The Balaban J connectivity index is 2.35. The summed E-state index contributed by atoms with van der Waals surface area (Å²) < 4.78 is 58.1. The topological polar surface area (TPSA) is 41.6 Å². The van der Waals surface area contributed by atoms with Crippen LogP contribution in [0.4, 0.5) is 22.4 Å². The van der Waals surface area contributed by atoms with Crippen molar-refractivity contribution >= 4 is 6.09 Å². The normalized spacial score (nSPS) is 19.3. The largest absolute Gasteiger partial charge is 0.444 e. The van der Waals surface area contributed by atoms with E-state index in [0.717, 1.165) is 12.1 Å². The molecule has 0 saturated carbocycles. The van der Waals surface area contributed by atoms with Crippen LogP contribution in [0, 0.1) is 5.82 Å². The van der Waals surface area contributed by atoms with Gasteiger partial charge >= 0.3 is 12.3 Å². The molecule has 1 N–H and O–H groups in total. The number of amides is 1. The standard InChI is InChI=1S/C16H20F4N2O2/c1-15(2,3)24-14(23)22-7-6-21-9-13(22)11-8-10(16(18,19)20)4-5-12(11)17/h4-5,8,13,21H,6-7,9H2,1-3H3. The van der Waals surface area contributed by atoms with Gasteiger partial charge in [0, 0.05) is 25.2 Å². The van der Waals surface area contributed by atoms with Crippen LogP contribution in [-0.4, -0.2) is 36.2 Å². The predicted molar refractivity (Wildman–Crippen MR) is 80.0 cm³/mol. The first kappa shape index (κ1) is 18.5. The van der Waals surface area contributed by atoms with Crippen LogP contribution in [0.15, 0.2) is 18.2 Å². The van der Waals surface area contributed by atoms with E-state index in [4.69, 9.17) is 4.74 Å². The molecule has 1 heterocycles. The van der Waals surface area contributed by atoms with Crippen molar-refractivity contribution in [2.75, 3.05) is 19.6 Å². The maximum Gasteiger partial charge on any atom is 0.416 e. The van der Waals surface area contributed by atoms with Gasteiger partial charge in [0.25, 0.3) is 0 Å². The number of benzene rings is 1. The van der Waals surface area contributed by atoms with Crippen molar-refractivity contribution < 1.29 is 27.1 Å². The van der Waals surface area contributed by atoms with Gasteiger partial charge in [-0.05, 0) is 39.0 Å². The van der Waals surface area contributed by atoms with Gasteiger partial charge in [-0.2, -0.15) is 13.2 Å². The summed E-state index contributed by atoms with van der Waals surface area (Å²) >= 11 is 0. The van der Waals surface area contributed by atoms with E-state index in [9.17, 15) is 22.4 Å². The molecule has 1 aromatic carbocycles. The summed E-state index contributed by atoms with van der Waals surface area (Å²) in [6.07, 6.45) is -5.26. The molecule has 134 valence electrons. The Labute approximate surface area is 137 Å². The van der Waals surface area contributed by atoms with Crippen LogP contribution in [0.25, 0.3) is 0 Å². The number of carbonyl (C=O) groups is 1. The molecule has 0 bridgehead atoms. The summed E-state index contributed by atoms with van der Waals surface area (Å²) in [7, 11) is 0. The first-order valence-corrected chi connectivity index (χ1v) is 7.56. The van der Waals surface area contributed by atoms with Crippen LogP contribution in [0.2, 0.25) is 0 Å². The molecule has 1 aliphatic heterocycles. The second-order valence-corrected chi connectivity index (χ2v) is 6.63. The van der Waals surface area contributed by atoms with Gasteiger partial charge in [0.2, 0.25) is 0 Å². The molecule has 0 aliphatic carbocycles. The number of hydrogen-bond acceptors (Lipinski definition) is 3. The Morgan fingerprint density at radius 3 is 2.54 bits per heavy atom. The minimum absolute atomic E-state index is 0.150. The molecule has 0 spiro atoms. The van der Waals surface area contributed by atoms with Gasteiger partial charge in [0.05, 0.1) is 11.6 Å². The minimum atomic E-state index is -4.58. The predicted octanol–water partition coefficient (Wildman–Crippen LogP) is 3.73. The molecule has 2 rings (SSSR count). The van der Waals surface area contributed by atoms with Gasteiger partial charge in [-0.3, -0.25) is 4.90 Å². The summed E-state index contributed by atoms with van der Waals surface area (Å²) in [5, 5.41) is 2.97. The Bertz CT molecular complexity index is 611. The van der Waals surface area contributed by atoms with Gasteiger partial charge in [0.15, 0.2) is 0 Å². The monoisotopic (exact) mass is 348 g/mol. The third kappa shape index (κ3) is 4.37. The molecule has 1 atom stereocenters. The van der Waals surface area contributed by atoms with E-state index in [1.807, 2.05) is 0 Å². The van der Waals surface area contributed by atoms with Crippen LogP contribution in [0.1, 0.15) is 37.9 Å². The van der Waals surface area contributed by atoms with Crippen LogP contribution < -0.4 is 5.32 Å². The van der Waals surface area contributed by atoms with Crippen molar-refractivity contribution in [3.05, 3.63) is 35.1 Å². The zero-order valence-electron chi connectivity index (χ0n) is 13.7. The molecular weight excluding hydrogens is 328 g/mol. The Kier molecular flexibility index (Phi) is 5.08. The Morgan fingerprint density at radius 1 is 1.29 bits per heavy atom. The first-order valence-electron chi connectivity index (χ1n) is 7.56. The lowest BCUT2D eigenvalue weighted by Gasteiger charge is -2.37. The SMILES string of the molecule is CC(C)(C)OC(=O)N1CCNCC1c1cc(C(F)(F)F)ccc1F. The maximum absolute atomic E-state index is 14.1. The van der Waals surface area contributed by atoms with Gasteiger partial charge in [0.1, 0.15) is 11.4 Å². The quantitative estimate of drug-likeness (QED) is 0.787. The van der Waals surface area contributed by atoms with Gasteiger partial charge in [-0.25, -0.2) is 9.18 Å². The second kappa shape index (κ2) is 6.58. The molecule has 0 aromatic heterocycles. The minimum Gasteiger partial charge on any atom is -0.444 e. The molecule has 0 radical (unpaired) electrons. The highest BCUT2D eigenvalue weighted by Crippen LogP contribution is 2.34. The number of nitrogens with zero attached hydrogens (tertiary/aromatic N) is 1. The molecule has 1 aromatic rings.